The van der Waals surface area contributed by atoms with Gasteiger partial charge in [-0.25, -0.2) is 4.79 Å². The van der Waals surface area contributed by atoms with Crippen LogP contribution in [0.3, 0.4) is 0 Å². The Morgan fingerprint density at radius 2 is 2.03 bits per heavy atom. The molecule has 9 heteroatoms. The number of esters is 1. The number of rotatable bonds is 8. The molecule has 0 saturated carbocycles. The number of nitrogens with zero attached hydrogens (tertiary/aromatic N) is 3. The van der Waals surface area contributed by atoms with Gasteiger partial charge in [0.25, 0.3) is 5.91 Å². The summed E-state index contributed by atoms with van der Waals surface area (Å²) in [5.41, 5.74) is 3.42. The van der Waals surface area contributed by atoms with Crippen LogP contribution in [-0.2, 0) is 20.9 Å². The lowest BCUT2D eigenvalue weighted by Gasteiger charge is -2.13. The number of anilines is 1. The molecule has 1 amide bonds. The molecular weight excluding hydrogens is 432 g/mol. The van der Waals surface area contributed by atoms with E-state index in [1.54, 1.807) is 26.0 Å². The number of carbonyl (C=O) groups is 2. The smallest absolute Gasteiger partial charge is 0.331 e. The zero-order chi connectivity index (χ0) is 23.3. The number of amides is 1. The van der Waals surface area contributed by atoms with Gasteiger partial charge in [0.15, 0.2) is 11.9 Å². The number of ether oxygens (including phenoxy) is 1. The number of benzene rings is 1. The summed E-state index contributed by atoms with van der Waals surface area (Å²) in [5, 5.41) is 11.5. The standard InChI is InChI=1S/C23H25ClN4O4/c1-5-20(23(30)25-21-12-14(2)32-27-21)31-22(29)11-10-18-15(3)26-28(16(18)4)13-17-8-6-7-9-19(17)24/h6-12,20H,5,13H2,1-4H3,(H,25,27,30)/b11-10+. The highest BCUT2D eigenvalue weighted by molar-refractivity contribution is 6.31. The molecule has 3 rings (SSSR count). The van der Waals surface area contributed by atoms with Gasteiger partial charge in [-0.3, -0.25) is 9.48 Å². The number of hydrogen-bond donors (Lipinski definition) is 1. The van der Waals surface area contributed by atoms with Crippen LogP contribution in [0.2, 0.25) is 5.02 Å². The molecular formula is C23H25ClN4O4. The van der Waals surface area contributed by atoms with E-state index in [1.807, 2.05) is 42.8 Å². The van der Waals surface area contributed by atoms with Crippen LogP contribution in [0.4, 0.5) is 5.82 Å². The highest BCUT2D eigenvalue weighted by Crippen LogP contribution is 2.20. The van der Waals surface area contributed by atoms with Gasteiger partial charge < -0.3 is 14.6 Å². The summed E-state index contributed by atoms with van der Waals surface area (Å²) >= 11 is 6.26. The van der Waals surface area contributed by atoms with Crippen molar-refractivity contribution in [3.8, 4) is 0 Å². The van der Waals surface area contributed by atoms with Crippen LogP contribution in [0, 0.1) is 20.8 Å². The van der Waals surface area contributed by atoms with E-state index in [0.29, 0.717) is 23.7 Å². The number of halogens is 1. The summed E-state index contributed by atoms with van der Waals surface area (Å²) in [7, 11) is 0. The van der Waals surface area contributed by atoms with Crippen molar-refractivity contribution in [2.75, 3.05) is 5.32 Å². The summed E-state index contributed by atoms with van der Waals surface area (Å²) < 4.78 is 12.1. The van der Waals surface area contributed by atoms with Crippen LogP contribution in [0.5, 0.6) is 0 Å². The molecule has 1 unspecified atom stereocenters. The summed E-state index contributed by atoms with van der Waals surface area (Å²) in [6.45, 7) is 7.77. The molecule has 0 fully saturated rings. The zero-order valence-electron chi connectivity index (χ0n) is 18.4. The van der Waals surface area contributed by atoms with E-state index < -0.39 is 18.0 Å². The second-order valence-electron chi connectivity index (χ2n) is 7.31. The predicted octanol–water partition coefficient (Wildman–Crippen LogP) is 4.47. The third kappa shape index (κ3) is 5.64. The van der Waals surface area contributed by atoms with Crippen LogP contribution in [0.25, 0.3) is 6.08 Å². The van der Waals surface area contributed by atoms with Crippen LogP contribution in [-0.4, -0.2) is 32.9 Å². The Hall–Kier alpha value is -3.39. The highest BCUT2D eigenvalue weighted by Gasteiger charge is 2.21. The third-order valence-corrected chi connectivity index (χ3v) is 5.27. The zero-order valence-corrected chi connectivity index (χ0v) is 19.1. The number of carbonyl (C=O) groups excluding carboxylic acids is 2. The second kappa shape index (κ2) is 10.3. The molecule has 2 heterocycles. The summed E-state index contributed by atoms with van der Waals surface area (Å²) in [5.74, 6) is -0.257. The first-order chi connectivity index (χ1) is 15.3. The summed E-state index contributed by atoms with van der Waals surface area (Å²) in [6.07, 6.45) is 2.31. The van der Waals surface area contributed by atoms with Crippen LogP contribution in [0.15, 0.2) is 40.9 Å². The van der Waals surface area contributed by atoms with Crippen molar-refractivity contribution in [1.82, 2.24) is 14.9 Å². The molecule has 168 valence electrons. The normalized spacial score (nSPS) is 12.2. The fourth-order valence-corrected chi connectivity index (χ4v) is 3.37. The van der Waals surface area contributed by atoms with Crippen molar-refractivity contribution >= 4 is 35.4 Å². The molecule has 1 aromatic carbocycles. The molecule has 0 saturated heterocycles. The lowest BCUT2D eigenvalue weighted by molar-refractivity contribution is -0.149. The lowest BCUT2D eigenvalue weighted by atomic mass is 10.1. The molecule has 1 N–H and O–H groups in total. The topological polar surface area (TPSA) is 99.2 Å². The Bertz CT molecular complexity index is 1150. The minimum atomic E-state index is -0.950. The maximum Gasteiger partial charge on any atom is 0.331 e. The summed E-state index contributed by atoms with van der Waals surface area (Å²) in [4.78, 5) is 24.7. The van der Waals surface area contributed by atoms with Gasteiger partial charge in [-0.2, -0.15) is 5.10 Å². The van der Waals surface area contributed by atoms with E-state index in [1.165, 1.54) is 6.08 Å². The van der Waals surface area contributed by atoms with Crippen LogP contribution >= 0.6 is 11.6 Å². The van der Waals surface area contributed by atoms with Gasteiger partial charge in [-0.05, 0) is 44.9 Å². The van der Waals surface area contributed by atoms with E-state index in [2.05, 4.69) is 15.6 Å². The van der Waals surface area contributed by atoms with Gasteiger partial charge in [0, 0.05) is 28.4 Å². The monoisotopic (exact) mass is 456 g/mol. The second-order valence-corrected chi connectivity index (χ2v) is 7.72. The number of aromatic nitrogens is 3. The van der Waals surface area contributed by atoms with Gasteiger partial charge in [0.2, 0.25) is 0 Å². The van der Waals surface area contributed by atoms with Gasteiger partial charge in [0.1, 0.15) is 5.76 Å². The Morgan fingerprint density at radius 1 is 1.28 bits per heavy atom. The molecule has 0 spiro atoms. The lowest BCUT2D eigenvalue weighted by Crippen LogP contribution is -2.31. The fourth-order valence-electron chi connectivity index (χ4n) is 3.18. The van der Waals surface area contributed by atoms with E-state index in [0.717, 1.165) is 22.5 Å². The largest absolute Gasteiger partial charge is 0.449 e. The molecule has 2 aromatic heterocycles. The Kier molecular flexibility index (Phi) is 7.48. The van der Waals surface area contributed by atoms with Crippen LogP contribution in [0.1, 0.15) is 41.6 Å². The Labute approximate surface area is 191 Å². The number of nitrogens with one attached hydrogen (secondary N) is 1. The van der Waals surface area contributed by atoms with Crippen molar-refractivity contribution in [3.05, 3.63) is 69.7 Å². The van der Waals surface area contributed by atoms with Crippen molar-refractivity contribution in [2.24, 2.45) is 0 Å². The summed E-state index contributed by atoms with van der Waals surface area (Å²) in [6, 6.07) is 9.17. The maximum absolute atomic E-state index is 12.4. The molecule has 3 aromatic rings. The third-order valence-electron chi connectivity index (χ3n) is 4.90. The molecule has 1 atom stereocenters. The molecule has 8 nitrogen and oxygen atoms in total. The predicted molar refractivity (Wildman–Crippen MR) is 121 cm³/mol. The van der Waals surface area contributed by atoms with Gasteiger partial charge in [0.05, 0.1) is 12.2 Å². The van der Waals surface area contributed by atoms with Crippen molar-refractivity contribution in [2.45, 2.75) is 46.8 Å². The molecule has 0 bridgehead atoms. The Morgan fingerprint density at radius 3 is 2.69 bits per heavy atom. The minimum Gasteiger partial charge on any atom is -0.449 e. The molecule has 0 aliphatic carbocycles. The van der Waals surface area contributed by atoms with Crippen LogP contribution < -0.4 is 5.32 Å². The quantitative estimate of drug-likeness (QED) is 0.396. The first-order valence-electron chi connectivity index (χ1n) is 10.2. The molecule has 0 aliphatic heterocycles. The first-order valence-corrected chi connectivity index (χ1v) is 10.6. The highest BCUT2D eigenvalue weighted by atomic mass is 35.5. The minimum absolute atomic E-state index is 0.273. The number of hydrogen-bond acceptors (Lipinski definition) is 6. The van der Waals surface area contributed by atoms with Gasteiger partial charge in [-0.15, -0.1) is 0 Å². The van der Waals surface area contributed by atoms with E-state index in [-0.39, 0.29) is 5.82 Å². The number of aryl methyl sites for hydroxylation is 2. The van der Waals surface area contributed by atoms with Crippen molar-refractivity contribution in [1.29, 1.82) is 0 Å². The SMILES string of the molecule is CCC(OC(=O)/C=C/c1c(C)nn(Cc2ccccc2Cl)c1C)C(=O)Nc1cc(C)on1. The molecule has 0 radical (unpaired) electrons. The van der Waals surface area contributed by atoms with Gasteiger partial charge >= 0.3 is 5.97 Å². The maximum atomic E-state index is 12.4. The fraction of sp³-hybridized carbons (Fsp3) is 0.304. The van der Waals surface area contributed by atoms with Crippen molar-refractivity contribution < 1.29 is 18.8 Å². The van der Waals surface area contributed by atoms with Gasteiger partial charge in [-0.1, -0.05) is 41.9 Å². The average Bonchev–Trinajstić information content (AvgIpc) is 3.28. The van der Waals surface area contributed by atoms with Crippen molar-refractivity contribution in [3.63, 3.8) is 0 Å². The molecule has 32 heavy (non-hydrogen) atoms. The first kappa shape index (κ1) is 23.3. The van der Waals surface area contributed by atoms with E-state index in [9.17, 15) is 9.59 Å². The van der Waals surface area contributed by atoms with E-state index in [4.69, 9.17) is 20.9 Å². The molecule has 0 aliphatic rings. The average molecular weight is 457 g/mol. The Balaban J connectivity index is 1.66. The van der Waals surface area contributed by atoms with E-state index >= 15 is 0 Å².